The van der Waals surface area contributed by atoms with E-state index in [1.165, 1.54) is 0 Å². The summed E-state index contributed by atoms with van der Waals surface area (Å²) in [6.45, 7) is 5.57. The van der Waals surface area contributed by atoms with E-state index in [0.29, 0.717) is 26.9 Å². The molecule has 0 fully saturated rings. The Labute approximate surface area is 173 Å². The van der Waals surface area contributed by atoms with Crippen LogP contribution < -0.4 is 15.4 Å². The van der Waals surface area contributed by atoms with Crippen LogP contribution in [0.1, 0.15) is 39.4 Å². The fourth-order valence-electron chi connectivity index (χ4n) is 2.45. The number of benzene rings is 1. The van der Waals surface area contributed by atoms with Gasteiger partial charge in [-0.15, -0.1) is 11.3 Å². The normalized spacial score (nSPS) is 10.1. The first-order valence-corrected chi connectivity index (χ1v) is 9.83. The number of hydrogen-bond donors (Lipinski definition) is 2. The van der Waals surface area contributed by atoms with Gasteiger partial charge in [-0.25, -0.2) is 9.59 Å². The van der Waals surface area contributed by atoms with Crippen LogP contribution in [0, 0.1) is 6.92 Å². The predicted molar refractivity (Wildman–Crippen MR) is 114 cm³/mol. The number of anilines is 2. The molecule has 0 bridgehead atoms. The van der Waals surface area contributed by atoms with Crippen LogP contribution in [0.3, 0.4) is 0 Å². The number of ether oxygens (including phenoxy) is 3. The topological polar surface area (TPSA) is 85.9 Å². The van der Waals surface area contributed by atoms with E-state index in [-0.39, 0.29) is 23.9 Å². The molecule has 0 amide bonds. The van der Waals surface area contributed by atoms with Gasteiger partial charge in [0.1, 0.15) is 15.6 Å². The van der Waals surface area contributed by atoms with Crippen molar-refractivity contribution >= 4 is 51.3 Å². The summed E-state index contributed by atoms with van der Waals surface area (Å²) in [5.74, 6) is -0.409. The lowest BCUT2D eigenvalue weighted by Crippen LogP contribution is -2.20. The highest BCUT2D eigenvalue weighted by atomic mass is 32.1. The van der Waals surface area contributed by atoms with Gasteiger partial charge in [0.25, 0.3) is 0 Å². The number of nitrogens with one attached hydrogen (secondary N) is 2. The Kier molecular flexibility index (Phi) is 7.77. The molecule has 2 aromatic rings. The number of para-hydroxylation sites is 2. The molecule has 1 aromatic carbocycles. The van der Waals surface area contributed by atoms with Crippen molar-refractivity contribution in [2.24, 2.45) is 0 Å². The van der Waals surface area contributed by atoms with Gasteiger partial charge in [-0.1, -0.05) is 12.1 Å². The molecule has 0 aliphatic rings. The van der Waals surface area contributed by atoms with Gasteiger partial charge in [0.15, 0.2) is 5.11 Å². The summed E-state index contributed by atoms with van der Waals surface area (Å²) < 4.78 is 15.5. The minimum absolute atomic E-state index is 0.214. The number of thiophene rings is 1. The van der Waals surface area contributed by atoms with Crippen LogP contribution >= 0.6 is 23.6 Å². The molecular formula is C19H22N2O5S2. The Hall–Kier alpha value is -2.65. The minimum Gasteiger partial charge on any atom is -0.495 e. The zero-order valence-corrected chi connectivity index (χ0v) is 17.7. The predicted octanol–water partition coefficient (Wildman–Crippen LogP) is 4.23. The summed E-state index contributed by atoms with van der Waals surface area (Å²) in [6.07, 6.45) is 0. The Morgan fingerprint density at radius 2 is 1.71 bits per heavy atom. The Morgan fingerprint density at radius 1 is 1.07 bits per heavy atom. The summed E-state index contributed by atoms with van der Waals surface area (Å²) >= 11 is 6.46. The van der Waals surface area contributed by atoms with Crippen LogP contribution in [0.5, 0.6) is 5.75 Å². The van der Waals surface area contributed by atoms with E-state index in [9.17, 15) is 9.59 Å². The average molecular weight is 423 g/mol. The third-order valence-corrected chi connectivity index (χ3v) is 5.06. The summed E-state index contributed by atoms with van der Waals surface area (Å²) in [6, 6.07) is 7.28. The zero-order chi connectivity index (χ0) is 20.7. The van der Waals surface area contributed by atoms with Crippen molar-refractivity contribution in [3.8, 4) is 5.75 Å². The van der Waals surface area contributed by atoms with E-state index in [4.69, 9.17) is 26.4 Å². The summed E-state index contributed by atoms with van der Waals surface area (Å²) in [7, 11) is 1.56. The highest BCUT2D eigenvalue weighted by molar-refractivity contribution is 7.80. The fraction of sp³-hybridized carbons (Fsp3) is 0.316. The molecule has 0 saturated heterocycles. The molecule has 2 N–H and O–H groups in total. The number of carbonyl (C=O) groups is 2. The van der Waals surface area contributed by atoms with Crippen molar-refractivity contribution in [1.29, 1.82) is 0 Å². The Bertz CT molecular complexity index is 879. The highest BCUT2D eigenvalue weighted by Gasteiger charge is 2.26. The third-order valence-electron chi connectivity index (χ3n) is 3.67. The number of methoxy groups -OCH3 is 1. The van der Waals surface area contributed by atoms with E-state index in [1.54, 1.807) is 33.9 Å². The summed E-state index contributed by atoms with van der Waals surface area (Å²) in [4.78, 5) is 25.0. The molecule has 1 heterocycles. The van der Waals surface area contributed by atoms with Crippen LogP contribution in [0.15, 0.2) is 24.3 Å². The van der Waals surface area contributed by atoms with E-state index >= 15 is 0 Å². The maximum Gasteiger partial charge on any atom is 0.348 e. The molecule has 150 valence electrons. The molecule has 0 unspecified atom stereocenters. The second-order valence-electron chi connectivity index (χ2n) is 5.48. The van der Waals surface area contributed by atoms with Crippen LogP contribution in [-0.4, -0.2) is 37.4 Å². The second kappa shape index (κ2) is 10.0. The van der Waals surface area contributed by atoms with Crippen molar-refractivity contribution < 1.29 is 23.8 Å². The molecular weight excluding hydrogens is 400 g/mol. The first kappa shape index (κ1) is 21.6. The van der Waals surface area contributed by atoms with Crippen molar-refractivity contribution in [2.45, 2.75) is 20.8 Å². The lowest BCUT2D eigenvalue weighted by atomic mass is 10.1. The largest absolute Gasteiger partial charge is 0.495 e. The monoisotopic (exact) mass is 422 g/mol. The molecule has 0 radical (unpaired) electrons. The van der Waals surface area contributed by atoms with Crippen molar-refractivity contribution in [2.75, 3.05) is 31.0 Å². The van der Waals surface area contributed by atoms with Gasteiger partial charge < -0.3 is 24.8 Å². The zero-order valence-electron chi connectivity index (χ0n) is 16.1. The third kappa shape index (κ3) is 4.99. The first-order valence-electron chi connectivity index (χ1n) is 8.61. The number of thiocarbonyl (C=S) groups is 1. The van der Waals surface area contributed by atoms with Crippen LogP contribution in [0.4, 0.5) is 10.7 Å². The average Bonchev–Trinajstić information content (AvgIpc) is 2.98. The van der Waals surface area contributed by atoms with Gasteiger partial charge in [0.2, 0.25) is 0 Å². The number of carbonyl (C=O) groups excluding carboxylic acids is 2. The van der Waals surface area contributed by atoms with E-state index in [0.717, 1.165) is 11.3 Å². The molecule has 0 aliphatic carbocycles. The standard InChI is InChI=1S/C19H22N2O5S2/c1-5-25-17(22)14-11(3)15(18(23)26-6-2)28-16(14)21-19(27)20-12-9-7-8-10-13(12)24-4/h7-10H,5-6H2,1-4H3,(H2,20,21,27). The number of rotatable bonds is 7. The van der Waals surface area contributed by atoms with Gasteiger partial charge in [0.05, 0.1) is 31.6 Å². The number of hydrogen-bond acceptors (Lipinski definition) is 7. The van der Waals surface area contributed by atoms with Crippen LogP contribution in [0.25, 0.3) is 0 Å². The SMILES string of the molecule is CCOC(=O)c1sc(NC(=S)Nc2ccccc2OC)c(C(=O)OCC)c1C. The van der Waals surface area contributed by atoms with Crippen molar-refractivity contribution in [1.82, 2.24) is 0 Å². The molecule has 0 spiro atoms. The van der Waals surface area contributed by atoms with Crippen LogP contribution in [0.2, 0.25) is 0 Å². The van der Waals surface area contributed by atoms with Crippen molar-refractivity contribution in [3.63, 3.8) is 0 Å². The minimum atomic E-state index is -0.533. The highest BCUT2D eigenvalue weighted by Crippen LogP contribution is 2.34. The lowest BCUT2D eigenvalue weighted by molar-refractivity contribution is 0.0527. The molecule has 7 nitrogen and oxygen atoms in total. The van der Waals surface area contributed by atoms with Crippen LogP contribution in [-0.2, 0) is 9.47 Å². The van der Waals surface area contributed by atoms with Gasteiger partial charge in [0, 0.05) is 0 Å². The maximum absolute atomic E-state index is 12.4. The maximum atomic E-state index is 12.4. The molecule has 0 atom stereocenters. The molecule has 2 rings (SSSR count). The number of esters is 2. The Balaban J connectivity index is 2.32. The molecule has 9 heteroatoms. The quantitative estimate of drug-likeness (QED) is 0.507. The molecule has 1 aromatic heterocycles. The van der Waals surface area contributed by atoms with Gasteiger partial charge in [-0.2, -0.15) is 0 Å². The second-order valence-corrected chi connectivity index (χ2v) is 6.91. The van der Waals surface area contributed by atoms with Gasteiger partial charge in [-0.05, 0) is 50.7 Å². The van der Waals surface area contributed by atoms with Gasteiger partial charge >= 0.3 is 11.9 Å². The smallest absolute Gasteiger partial charge is 0.348 e. The van der Waals surface area contributed by atoms with E-state index < -0.39 is 11.9 Å². The summed E-state index contributed by atoms with van der Waals surface area (Å²) in [5, 5.41) is 6.66. The van der Waals surface area contributed by atoms with E-state index in [2.05, 4.69) is 10.6 Å². The summed E-state index contributed by atoms with van der Waals surface area (Å²) in [5.41, 5.74) is 1.42. The molecule has 28 heavy (non-hydrogen) atoms. The molecule has 0 saturated carbocycles. The van der Waals surface area contributed by atoms with Gasteiger partial charge in [-0.3, -0.25) is 0 Å². The van der Waals surface area contributed by atoms with Crippen molar-refractivity contribution in [3.05, 3.63) is 40.3 Å². The Morgan fingerprint density at radius 3 is 2.36 bits per heavy atom. The first-order chi connectivity index (χ1) is 13.4. The molecule has 0 aliphatic heterocycles. The lowest BCUT2D eigenvalue weighted by Gasteiger charge is -2.13. The van der Waals surface area contributed by atoms with E-state index in [1.807, 2.05) is 18.2 Å². The fourth-order valence-corrected chi connectivity index (χ4v) is 3.82.